The normalized spacial score (nSPS) is 19.4. The van der Waals surface area contributed by atoms with Gasteiger partial charge in [0.25, 0.3) is 0 Å². The van der Waals surface area contributed by atoms with Crippen molar-refractivity contribution in [2.45, 2.75) is 12.5 Å². The Bertz CT molecular complexity index is 371. The second-order valence-electron chi connectivity index (χ2n) is 3.86. The molecule has 0 bridgehead atoms. The highest BCUT2D eigenvalue weighted by atomic mass is 16.5. The van der Waals surface area contributed by atoms with Gasteiger partial charge in [-0.05, 0) is 6.07 Å². The lowest BCUT2D eigenvalue weighted by Gasteiger charge is -2.16. The summed E-state index contributed by atoms with van der Waals surface area (Å²) in [5.74, 6) is 0.497. The number of rotatable bonds is 4. The Hall–Kier alpha value is -1.69. The second kappa shape index (κ2) is 5.58. The van der Waals surface area contributed by atoms with E-state index in [9.17, 15) is 4.79 Å². The summed E-state index contributed by atoms with van der Waals surface area (Å²) in [5, 5.41) is 7.58. The van der Waals surface area contributed by atoms with Crippen molar-refractivity contribution in [2.75, 3.05) is 26.8 Å². The molecular formula is C11H15N3O3. The van der Waals surface area contributed by atoms with Crippen LogP contribution in [0.25, 0.3) is 0 Å². The highest BCUT2D eigenvalue weighted by Crippen LogP contribution is 2.15. The second-order valence-corrected chi connectivity index (χ2v) is 3.86. The highest BCUT2D eigenvalue weighted by Gasteiger charge is 2.27. The lowest BCUT2D eigenvalue weighted by atomic mass is 10.3. The number of amides is 1. The summed E-state index contributed by atoms with van der Waals surface area (Å²) in [5.41, 5.74) is 0. The minimum absolute atomic E-state index is 0.00209. The Morgan fingerprint density at radius 2 is 2.53 bits per heavy atom. The van der Waals surface area contributed by atoms with E-state index in [1.165, 1.54) is 7.11 Å². The third-order valence-corrected chi connectivity index (χ3v) is 2.60. The van der Waals surface area contributed by atoms with E-state index in [1.54, 1.807) is 23.2 Å². The average Bonchev–Trinajstić information content (AvgIpc) is 2.79. The van der Waals surface area contributed by atoms with E-state index in [2.05, 4.69) is 10.2 Å². The van der Waals surface area contributed by atoms with Gasteiger partial charge in [-0.1, -0.05) is 0 Å². The minimum Gasteiger partial charge on any atom is -0.471 e. The van der Waals surface area contributed by atoms with Gasteiger partial charge in [-0.25, -0.2) is 0 Å². The number of hydrogen-bond donors (Lipinski definition) is 0. The summed E-state index contributed by atoms with van der Waals surface area (Å²) in [6.07, 6.45) is 2.40. The van der Waals surface area contributed by atoms with Crippen molar-refractivity contribution in [3.05, 3.63) is 18.3 Å². The van der Waals surface area contributed by atoms with E-state index in [1.807, 2.05) is 0 Å². The molecule has 6 heteroatoms. The number of hydrogen-bond acceptors (Lipinski definition) is 5. The number of aromatic nitrogens is 2. The maximum Gasteiger partial charge on any atom is 0.248 e. The molecule has 0 spiro atoms. The molecule has 1 aliphatic rings. The summed E-state index contributed by atoms with van der Waals surface area (Å²) in [6.45, 7) is 1.41. The lowest BCUT2D eigenvalue weighted by molar-refractivity contribution is -0.134. The number of methoxy groups -OCH3 is 1. The summed E-state index contributed by atoms with van der Waals surface area (Å²) in [4.78, 5) is 13.3. The van der Waals surface area contributed by atoms with Gasteiger partial charge in [-0.15, -0.1) is 5.10 Å². The first kappa shape index (κ1) is 11.8. The van der Waals surface area contributed by atoms with Crippen LogP contribution in [0.4, 0.5) is 0 Å². The van der Waals surface area contributed by atoms with Crippen LogP contribution in [0.3, 0.4) is 0 Å². The van der Waals surface area contributed by atoms with Crippen molar-refractivity contribution >= 4 is 5.91 Å². The molecule has 17 heavy (non-hydrogen) atoms. The van der Waals surface area contributed by atoms with E-state index in [-0.39, 0.29) is 18.6 Å². The molecular weight excluding hydrogens is 222 g/mol. The fraction of sp³-hybridized carbons (Fsp3) is 0.545. The van der Waals surface area contributed by atoms with E-state index in [0.717, 1.165) is 6.42 Å². The van der Waals surface area contributed by atoms with Crippen LogP contribution >= 0.6 is 0 Å². The zero-order valence-corrected chi connectivity index (χ0v) is 9.70. The topological polar surface area (TPSA) is 64.5 Å². The van der Waals surface area contributed by atoms with Gasteiger partial charge in [0.05, 0.1) is 6.54 Å². The zero-order chi connectivity index (χ0) is 12.1. The van der Waals surface area contributed by atoms with E-state index < -0.39 is 0 Å². The monoisotopic (exact) mass is 237 g/mol. The Morgan fingerprint density at radius 3 is 3.24 bits per heavy atom. The fourth-order valence-electron chi connectivity index (χ4n) is 1.79. The number of carbonyl (C=O) groups excluding carboxylic acids is 1. The molecule has 0 N–H and O–H groups in total. The minimum atomic E-state index is -0.00694. The van der Waals surface area contributed by atoms with Crippen molar-refractivity contribution < 1.29 is 14.3 Å². The zero-order valence-electron chi connectivity index (χ0n) is 9.70. The number of likely N-dealkylation sites (tertiary alicyclic amines) is 1. The molecule has 1 amide bonds. The Kier molecular flexibility index (Phi) is 3.87. The van der Waals surface area contributed by atoms with E-state index >= 15 is 0 Å². The molecule has 0 saturated carbocycles. The van der Waals surface area contributed by atoms with Crippen molar-refractivity contribution in [2.24, 2.45) is 0 Å². The van der Waals surface area contributed by atoms with Crippen LogP contribution in [-0.2, 0) is 9.53 Å². The van der Waals surface area contributed by atoms with E-state index in [4.69, 9.17) is 9.47 Å². The van der Waals surface area contributed by atoms with Crippen LogP contribution in [0.2, 0.25) is 0 Å². The molecule has 2 rings (SSSR count). The third kappa shape index (κ3) is 3.13. The average molecular weight is 237 g/mol. The predicted octanol–water partition coefficient (Wildman–Crippen LogP) is 0.103. The number of carbonyl (C=O) groups is 1. The van der Waals surface area contributed by atoms with Crippen molar-refractivity contribution in [3.8, 4) is 5.88 Å². The maximum absolute atomic E-state index is 11.6. The molecule has 1 fully saturated rings. The summed E-state index contributed by atoms with van der Waals surface area (Å²) < 4.78 is 10.4. The molecule has 1 aliphatic heterocycles. The Balaban J connectivity index is 1.84. The Labute approximate surface area is 99.5 Å². The quantitative estimate of drug-likeness (QED) is 0.743. The van der Waals surface area contributed by atoms with Crippen LogP contribution in [0.15, 0.2) is 18.3 Å². The lowest BCUT2D eigenvalue weighted by Crippen LogP contribution is -2.33. The molecule has 2 heterocycles. The number of ether oxygens (including phenoxy) is 2. The van der Waals surface area contributed by atoms with Crippen LogP contribution in [0.1, 0.15) is 6.42 Å². The molecule has 0 aliphatic carbocycles. The first-order valence-corrected chi connectivity index (χ1v) is 5.50. The molecule has 1 atom stereocenters. The SMILES string of the molecule is COCC(=O)N1CC[C@@H](Oc2cccnn2)C1. The summed E-state index contributed by atoms with van der Waals surface area (Å²) in [7, 11) is 1.52. The number of nitrogens with zero attached hydrogens (tertiary/aromatic N) is 3. The van der Waals surface area contributed by atoms with Gasteiger partial charge in [0, 0.05) is 32.3 Å². The molecule has 0 unspecified atom stereocenters. The fourth-order valence-corrected chi connectivity index (χ4v) is 1.79. The van der Waals surface area contributed by atoms with Gasteiger partial charge in [0.15, 0.2) is 0 Å². The molecule has 6 nitrogen and oxygen atoms in total. The molecule has 0 aromatic carbocycles. The van der Waals surface area contributed by atoms with Crippen LogP contribution < -0.4 is 4.74 Å². The van der Waals surface area contributed by atoms with Crippen LogP contribution in [0, 0.1) is 0 Å². The van der Waals surface area contributed by atoms with E-state index in [0.29, 0.717) is 19.0 Å². The maximum atomic E-state index is 11.6. The van der Waals surface area contributed by atoms with Gasteiger partial charge < -0.3 is 14.4 Å². The molecule has 1 saturated heterocycles. The van der Waals surface area contributed by atoms with Gasteiger partial charge >= 0.3 is 0 Å². The smallest absolute Gasteiger partial charge is 0.248 e. The van der Waals surface area contributed by atoms with Gasteiger partial charge in [-0.2, -0.15) is 5.10 Å². The van der Waals surface area contributed by atoms with Crippen molar-refractivity contribution in [3.63, 3.8) is 0 Å². The largest absolute Gasteiger partial charge is 0.471 e. The predicted molar refractivity (Wildman–Crippen MR) is 59.5 cm³/mol. The standard InChI is InChI=1S/C11H15N3O3/c1-16-8-11(15)14-6-4-9(7-14)17-10-3-2-5-12-13-10/h2-3,5,9H,4,6-8H2,1H3/t9-/m1/s1. The summed E-state index contributed by atoms with van der Waals surface area (Å²) >= 11 is 0. The van der Waals surface area contributed by atoms with Gasteiger partial charge in [0.2, 0.25) is 11.8 Å². The van der Waals surface area contributed by atoms with Gasteiger partial charge in [0.1, 0.15) is 12.7 Å². The van der Waals surface area contributed by atoms with Crippen LogP contribution in [-0.4, -0.2) is 53.9 Å². The first-order chi connectivity index (χ1) is 8.29. The Morgan fingerprint density at radius 1 is 1.65 bits per heavy atom. The first-order valence-electron chi connectivity index (χ1n) is 5.50. The third-order valence-electron chi connectivity index (χ3n) is 2.60. The van der Waals surface area contributed by atoms with Crippen molar-refractivity contribution in [1.29, 1.82) is 0 Å². The molecule has 1 aromatic heterocycles. The summed E-state index contributed by atoms with van der Waals surface area (Å²) in [6, 6.07) is 3.53. The molecule has 0 radical (unpaired) electrons. The molecule has 92 valence electrons. The van der Waals surface area contributed by atoms with Crippen LogP contribution in [0.5, 0.6) is 5.88 Å². The van der Waals surface area contributed by atoms with Crippen molar-refractivity contribution in [1.82, 2.24) is 15.1 Å². The van der Waals surface area contributed by atoms with Gasteiger partial charge in [-0.3, -0.25) is 4.79 Å². The molecule has 1 aromatic rings. The highest BCUT2D eigenvalue weighted by molar-refractivity contribution is 5.77.